The van der Waals surface area contributed by atoms with Gasteiger partial charge in [-0.2, -0.15) is 0 Å². The predicted octanol–water partition coefficient (Wildman–Crippen LogP) is 1.77. The van der Waals surface area contributed by atoms with Gasteiger partial charge in [0.25, 0.3) is 0 Å². The number of benzene rings is 2. The molecule has 0 aliphatic carbocycles. The lowest BCUT2D eigenvalue weighted by molar-refractivity contribution is -0.116. The van der Waals surface area contributed by atoms with Crippen LogP contribution in [0.4, 0.5) is 5.69 Å². The van der Waals surface area contributed by atoms with Crippen molar-refractivity contribution in [1.82, 2.24) is 10.2 Å². The number of rotatable bonds is 7. The summed E-state index contributed by atoms with van der Waals surface area (Å²) in [6, 6.07) is 14.7. The van der Waals surface area contributed by atoms with Crippen molar-refractivity contribution in [2.24, 2.45) is 5.73 Å². The van der Waals surface area contributed by atoms with Gasteiger partial charge in [-0.3, -0.25) is 14.5 Å². The fraction of sp³-hybridized carbons (Fsp3) is 0.333. The minimum atomic E-state index is -0.487. The van der Waals surface area contributed by atoms with E-state index in [-0.39, 0.29) is 11.9 Å². The fourth-order valence-corrected chi connectivity index (χ4v) is 3.45. The molecule has 1 unspecified atom stereocenters. The summed E-state index contributed by atoms with van der Waals surface area (Å²) in [5.74, 6) is 0.309. The number of ether oxygens (including phenoxy) is 1. The maximum absolute atomic E-state index is 12.4. The number of primary amides is 1. The maximum atomic E-state index is 12.4. The Balaban J connectivity index is 1.60. The van der Waals surface area contributed by atoms with Gasteiger partial charge in [0.05, 0.1) is 13.2 Å². The minimum absolute atomic E-state index is 0.0656. The number of methoxy groups -OCH3 is 1. The molecule has 0 saturated carbocycles. The largest absolute Gasteiger partial charge is 0.496 e. The highest BCUT2D eigenvalue weighted by Gasteiger charge is 2.26. The third kappa shape index (κ3) is 4.88. The molecule has 1 heterocycles. The highest BCUT2D eigenvalue weighted by Crippen LogP contribution is 2.30. The van der Waals surface area contributed by atoms with Crippen LogP contribution in [0, 0.1) is 0 Å². The SMILES string of the molecule is COc1ccccc1C1CNCCN1CCC(=O)Nc1ccc(C(N)=O)cc1. The van der Waals surface area contributed by atoms with E-state index in [2.05, 4.69) is 21.6 Å². The first-order valence-corrected chi connectivity index (χ1v) is 9.36. The molecule has 0 bridgehead atoms. The summed E-state index contributed by atoms with van der Waals surface area (Å²) >= 11 is 0. The van der Waals surface area contributed by atoms with Gasteiger partial charge in [0.15, 0.2) is 0 Å². The summed E-state index contributed by atoms with van der Waals surface area (Å²) in [6.45, 7) is 3.22. The molecule has 4 N–H and O–H groups in total. The second-order valence-electron chi connectivity index (χ2n) is 6.74. The van der Waals surface area contributed by atoms with Gasteiger partial charge in [0, 0.05) is 49.4 Å². The molecule has 0 aromatic heterocycles. The van der Waals surface area contributed by atoms with Crippen molar-refractivity contribution in [2.75, 3.05) is 38.6 Å². The van der Waals surface area contributed by atoms with Crippen LogP contribution in [0.25, 0.3) is 0 Å². The third-order valence-electron chi connectivity index (χ3n) is 4.93. The number of carbonyl (C=O) groups is 2. The molecule has 7 nitrogen and oxygen atoms in total. The molecule has 28 heavy (non-hydrogen) atoms. The Bertz CT molecular complexity index is 823. The number of para-hydroxylation sites is 1. The van der Waals surface area contributed by atoms with Crippen LogP contribution in [0.2, 0.25) is 0 Å². The van der Waals surface area contributed by atoms with E-state index >= 15 is 0 Å². The molecule has 1 saturated heterocycles. The highest BCUT2D eigenvalue weighted by atomic mass is 16.5. The zero-order valence-electron chi connectivity index (χ0n) is 16.0. The Kier molecular flexibility index (Phi) is 6.62. The number of carbonyl (C=O) groups excluding carboxylic acids is 2. The Hall–Kier alpha value is -2.90. The first-order valence-electron chi connectivity index (χ1n) is 9.36. The lowest BCUT2D eigenvalue weighted by Crippen LogP contribution is -2.46. The second kappa shape index (κ2) is 9.34. The molecule has 148 valence electrons. The summed E-state index contributed by atoms with van der Waals surface area (Å²) < 4.78 is 5.51. The first kappa shape index (κ1) is 19.9. The molecule has 1 aliphatic heterocycles. The lowest BCUT2D eigenvalue weighted by atomic mass is 10.0. The summed E-state index contributed by atoms with van der Waals surface area (Å²) in [5.41, 5.74) is 7.42. The van der Waals surface area contributed by atoms with Crippen molar-refractivity contribution >= 4 is 17.5 Å². The van der Waals surface area contributed by atoms with Crippen molar-refractivity contribution in [3.8, 4) is 5.75 Å². The van der Waals surface area contributed by atoms with E-state index in [9.17, 15) is 9.59 Å². The fourth-order valence-electron chi connectivity index (χ4n) is 3.45. The minimum Gasteiger partial charge on any atom is -0.496 e. The lowest BCUT2D eigenvalue weighted by Gasteiger charge is -2.37. The van der Waals surface area contributed by atoms with Crippen LogP contribution in [-0.4, -0.2) is 50.0 Å². The molecule has 3 rings (SSSR count). The van der Waals surface area contributed by atoms with Crippen molar-refractivity contribution in [2.45, 2.75) is 12.5 Å². The van der Waals surface area contributed by atoms with Crippen molar-refractivity contribution in [3.63, 3.8) is 0 Å². The van der Waals surface area contributed by atoms with Crippen LogP contribution in [0.1, 0.15) is 28.4 Å². The summed E-state index contributed by atoms with van der Waals surface area (Å²) in [7, 11) is 1.68. The van der Waals surface area contributed by atoms with E-state index in [1.807, 2.05) is 18.2 Å². The highest BCUT2D eigenvalue weighted by molar-refractivity contribution is 5.94. The zero-order valence-corrected chi connectivity index (χ0v) is 16.0. The summed E-state index contributed by atoms with van der Waals surface area (Å²) in [6.07, 6.45) is 0.378. The van der Waals surface area contributed by atoms with Gasteiger partial charge in [0.1, 0.15) is 5.75 Å². The Morgan fingerprint density at radius 1 is 1.21 bits per heavy atom. The van der Waals surface area contributed by atoms with Gasteiger partial charge in [0.2, 0.25) is 11.8 Å². The van der Waals surface area contributed by atoms with Gasteiger partial charge in [-0.15, -0.1) is 0 Å². The van der Waals surface area contributed by atoms with Gasteiger partial charge in [-0.1, -0.05) is 18.2 Å². The number of anilines is 1. The number of nitrogens with zero attached hydrogens (tertiary/aromatic N) is 1. The van der Waals surface area contributed by atoms with Crippen LogP contribution in [-0.2, 0) is 4.79 Å². The average molecular weight is 382 g/mol. The van der Waals surface area contributed by atoms with Crippen LogP contribution >= 0.6 is 0 Å². The van der Waals surface area contributed by atoms with Crippen LogP contribution in [0.3, 0.4) is 0 Å². The van der Waals surface area contributed by atoms with Gasteiger partial charge < -0.3 is 21.1 Å². The number of nitrogens with two attached hydrogens (primary N) is 1. The van der Waals surface area contributed by atoms with E-state index in [1.54, 1.807) is 31.4 Å². The average Bonchev–Trinajstić information content (AvgIpc) is 2.73. The monoisotopic (exact) mass is 382 g/mol. The van der Waals surface area contributed by atoms with E-state index in [0.717, 1.165) is 30.9 Å². The number of amides is 2. The Morgan fingerprint density at radius 3 is 2.68 bits per heavy atom. The molecule has 1 fully saturated rings. The van der Waals surface area contributed by atoms with Gasteiger partial charge in [-0.05, 0) is 30.3 Å². The Labute approximate surface area is 164 Å². The number of hydrogen-bond acceptors (Lipinski definition) is 5. The third-order valence-corrected chi connectivity index (χ3v) is 4.93. The number of piperazine rings is 1. The standard InChI is InChI=1S/C21H26N4O3/c1-28-19-5-3-2-4-17(19)18-14-23-11-13-25(18)12-10-20(26)24-16-8-6-15(7-9-16)21(22)27/h2-9,18,23H,10-14H2,1H3,(H2,22,27)(H,24,26). The zero-order chi connectivity index (χ0) is 19.9. The smallest absolute Gasteiger partial charge is 0.248 e. The molecule has 2 aromatic rings. The van der Waals surface area contributed by atoms with E-state index in [0.29, 0.717) is 24.2 Å². The van der Waals surface area contributed by atoms with E-state index < -0.39 is 5.91 Å². The summed E-state index contributed by atoms with van der Waals surface area (Å²) in [5, 5.41) is 6.29. The van der Waals surface area contributed by atoms with Gasteiger partial charge in [-0.25, -0.2) is 0 Å². The molecule has 2 amide bonds. The maximum Gasteiger partial charge on any atom is 0.248 e. The molecule has 0 radical (unpaired) electrons. The van der Waals surface area contributed by atoms with Crippen LogP contribution < -0.4 is 21.1 Å². The summed E-state index contributed by atoms with van der Waals surface area (Å²) in [4.78, 5) is 25.8. The van der Waals surface area contributed by atoms with Crippen LogP contribution in [0.5, 0.6) is 5.75 Å². The van der Waals surface area contributed by atoms with Crippen molar-refractivity contribution < 1.29 is 14.3 Å². The number of nitrogens with one attached hydrogen (secondary N) is 2. The van der Waals surface area contributed by atoms with E-state index in [4.69, 9.17) is 10.5 Å². The molecule has 7 heteroatoms. The number of hydrogen-bond donors (Lipinski definition) is 3. The quantitative estimate of drug-likeness (QED) is 0.678. The molecule has 2 aromatic carbocycles. The van der Waals surface area contributed by atoms with Crippen molar-refractivity contribution in [1.29, 1.82) is 0 Å². The van der Waals surface area contributed by atoms with Crippen LogP contribution in [0.15, 0.2) is 48.5 Å². The molecule has 0 spiro atoms. The molecular formula is C21H26N4O3. The normalized spacial score (nSPS) is 17.1. The topological polar surface area (TPSA) is 96.7 Å². The molecular weight excluding hydrogens is 356 g/mol. The first-order chi connectivity index (χ1) is 13.6. The predicted molar refractivity (Wildman–Crippen MR) is 108 cm³/mol. The van der Waals surface area contributed by atoms with E-state index in [1.165, 1.54) is 0 Å². The Morgan fingerprint density at radius 2 is 1.96 bits per heavy atom. The van der Waals surface area contributed by atoms with Crippen molar-refractivity contribution in [3.05, 3.63) is 59.7 Å². The molecule has 1 atom stereocenters. The second-order valence-corrected chi connectivity index (χ2v) is 6.74. The molecule has 1 aliphatic rings. The van der Waals surface area contributed by atoms with Gasteiger partial charge >= 0.3 is 0 Å².